The van der Waals surface area contributed by atoms with E-state index in [0.717, 1.165) is 0 Å². The van der Waals surface area contributed by atoms with Crippen molar-refractivity contribution < 1.29 is 36.4 Å². The van der Waals surface area contributed by atoms with Gasteiger partial charge in [0.1, 0.15) is 11.3 Å². The lowest BCUT2D eigenvalue weighted by Crippen LogP contribution is -2.19. The minimum absolute atomic E-state index is 0.111. The van der Waals surface area contributed by atoms with Gasteiger partial charge < -0.3 is 4.74 Å². The summed E-state index contributed by atoms with van der Waals surface area (Å²) >= 11 is 0. The van der Waals surface area contributed by atoms with Crippen molar-refractivity contribution in [3.05, 3.63) is 27.6 Å². The average Bonchev–Trinajstić information content (AvgIpc) is 2.25. The molecule has 0 fully saturated rings. The monoisotopic (exact) mass is 286 g/mol. The third kappa shape index (κ3) is 3.33. The summed E-state index contributed by atoms with van der Waals surface area (Å²) in [5.41, 5.74) is -4.07. The summed E-state index contributed by atoms with van der Waals surface area (Å²) in [6, 6.07) is 0. The largest absolute Gasteiger partial charge is 0.573 e. The summed E-state index contributed by atoms with van der Waals surface area (Å²) in [6.07, 6.45) is -8.92. The molecule has 1 aromatic heterocycles. The normalized spacial score (nSPS) is 11.5. The van der Waals surface area contributed by atoms with Crippen LogP contribution in [0.25, 0.3) is 0 Å². The van der Waals surface area contributed by atoms with E-state index in [-0.39, 0.29) is 12.5 Å². The van der Waals surface area contributed by atoms with E-state index in [1.165, 1.54) is 0 Å². The highest BCUT2D eigenvalue weighted by Gasteiger charge is 2.37. The van der Waals surface area contributed by atoms with Gasteiger partial charge in [0.05, 0.1) is 11.1 Å². The maximum atomic E-state index is 12.4. The van der Waals surface area contributed by atoms with Gasteiger partial charge in [-0.15, -0.1) is 13.2 Å². The summed E-state index contributed by atoms with van der Waals surface area (Å²) in [5.74, 6) is -1.44. The molecule has 1 rings (SSSR count). The molecule has 0 saturated heterocycles. The van der Waals surface area contributed by atoms with Crippen LogP contribution in [0.15, 0.2) is 6.20 Å². The number of aldehydes is 1. The second-order valence-electron chi connectivity index (χ2n) is 2.99. The van der Waals surface area contributed by atoms with E-state index < -0.39 is 40.4 Å². The van der Waals surface area contributed by atoms with Crippen LogP contribution >= 0.6 is 0 Å². The van der Waals surface area contributed by atoms with E-state index in [1.54, 1.807) is 0 Å². The molecule has 0 aliphatic carbocycles. The lowest BCUT2D eigenvalue weighted by molar-refractivity contribution is -0.389. The van der Waals surface area contributed by atoms with Crippen molar-refractivity contribution in [2.24, 2.45) is 0 Å². The Morgan fingerprint density at radius 1 is 1.42 bits per heavy atom. The smallest absolute Gasteiger partial charge is 0.397 e. The zero-order valence-corrected chi connectivity index (χ0v) is 8.65. The first-order valence-corrected chi connectivity index (χ1v) is 4.33. The molecule has 0 N–H and O–H groups in total. The van der Waals surface area contributed by atoms with Gasteiger partial charge in [0.2, 0.25) is 5.75 Å². The fourth-order valence-electron chi connectivity index (χ4n) is 1.19. The lowest BCUT2D eigenvalue weighted by atomic mass is 10.1. The van der Waals surface area contributed by atoms with Crippen LogP contribution in [0.3, 0.4) is 0 Å². The van der Waals surface area contributed by atoms with Crippen molar-refractivity contribution >= 4 is 12.0 Å². The van der Waals surface area contributed by atoms with Gasteiger partial charge in [0.25, 0.3) is 6.43 Å². The first-order valence-electron chi connectivity index (χ1n) is 4.33. The Labute approximate surface area is 101 Å². The van der Waals surface area contributed by atoms with Crippen LogP contribution in [0.5, 0.6) is 5.75 Å². The first-order chi connectivity index (χ1) is 8.67. The average molecular weight is 286 g/mol. The van der Waals surface area contributed by atoms with Gasteiger partial charge in [0, 0.05) is 0 Å². The summed E-state index contributed by atoms with van der Waals surface area (Å²) < 4.78 is 64.0. The zero-order valence-electron chi connectivity index (χ0n) is 8.65. The summed E-state index contributed by atoms with van der Waals surface area (Å²) in [6.45, 7) is 0. The number of halogens is 5. The number of rotatable bonds is 4. The number of carbonyl (C=O) groups is 1. The minimum Gasteiger partial charge on any atom is -0.397 e. The van der Waals surface area contributed by atoms with E-state index in [4.69, 9.17) is 0 Å². The maximum Gasteiger partial charge on any atom is 0.573 e. The van der Waals surface area contributed by atoms with Crippen LogP contribution in [0.2, 0.25) is 0 Å². The van der Waals surface area contributed by atoms with Crippen molar-refractivity contribution in [3.8, 4) is 5.75 Å². The van der Waals surface area contributed by atoms with Crippen molar-refractivity contribution in [1.82, 2.24) is 4.98 Å². The van der Waals surface area contributed by atoms with Gasteiger partial charge in [-0.05, 0) is 0 Å². The van der Waals surface area contributed by atoms with Crippen LogP contribution < -0.4 is 4.74 Å². The summed E-state index contributed by atoms with van der Waals surface area (Å²) in [4.78, 5) is 22.6. The number of pyridine rings is 1. The Hall–Kier alpha value is -2.33. The van der Waals surface area contributed by atoms with Crippen LogP contribution in [-0.2, 0) is 0 Å². The molecule has 0 aliphatic heterocycles. The van der Waals surface area contributed by atoms with E-state index >= 15 is 0 Å². The molecule has 0 aliphatic rings. The van der Waals surface area contributed by atoms with E-state index in [0.29, 0.717) is 0 Å². The predicted octanol–water partition coefficient (Wildman–Crippen LogP) is 2.64. The highest BCUT2D eigenvalue weighted by Crippen LogP contribution is 2.37. The molecule has 0 saturated carbocycles. The second-order valence-corrected chi connectivity index (χ2v) is 2.99. The van der Waals surface area contributed by atoms with Crippen LogP contribution in [0, 0.1) is 10.1 Å². The maximum absolute atomic E-state index is 12.4. The van der Waals surface area contributed by atoms with Crippen molar-refractivity contribution in [1.29, 1.82) is 0 Å². The van der Waals surface area contributed by atoms with Gasteiger partial charge in [-0.3, -0.25) is 19.9 Å². The molecule has 0 unspecified atom stereocenters. The summed E-state index contributed by atoms with van der Waals surface area (Å²) in [5, 5.41) is 10.6. The quantitative estimate of drug-likeness (QED) is 0.368. The molecule has 0 bridgehead atoms. The Morgan fingerprint density at radius 2 is 2.00 bits per heavy atom. The molecule has 0 radical (unpaired) electrons. The lowest BCUT2D eigenvalue weighted by Gasteiger charge is -2.11. The first kappa shape index (κ1) is 14.7. The fraction of sp³-hybridized carbons (Fsp3) is 0.250. The number of carbonyl (C=O) groups excluding carboxylic acids is 1. The van der Waals surface area contributed by atoms with Crippen LogP contribution in [0.4, 0.5) is 27.6 Å². The number of ether oxygens (including phenoxy) is 1. The van der Waals surface area contributed by atoms with Crippen LogP contribution in [0.1, 0.15) is 22.5 Å². The molecule has 11 heteroatoms. The number of nitrogens with zero attached hydrogens (tertiary/aromatic N) is 2. The van der Waals surface area contributed by atoms with E-state index in [9.17, 15) is 36.9 Å². The van der Waals surface area contributed by atoms with Crippen molar-refractivity contribution in [3.63, 3.8) is 0 Å². The van der Waals surface area contributed by atoms with E-state index in [1.807, 2.05) is 0 Å². The third-order valence-electron chi connectivity index (χ3n) is 1.82. The van der Waals surface area contributed by atoms with E-state index in [2.05, 4.69) is 9.72 Å². The minimum atomic E-state index is -5.29. The van der Waals surface area contributed by atoms with Gasteiger partial charge >= 0.3 is 12.0 Å². The van der Waals surface area contributed by atoms with Crippen LogP contribution in [-0.4, -0.2) is 22.6 Å². The van der Waals surface area contributed by atoms with Gasteiger partial charge in [0.15, 0.2) is 6.29 Å². The Balaban J connectivity index is 3.50. The molecule has 0 atom stereocenters. The molecule has 19 heavy (non-hydrogen) atoms. The molecular weight excluding hydrogens is 283 g/mol. The molecule has 1 heterocycles. The molecule has 6 nitrogen and oxygen atoms in total. The van der Waals surface area contributed by atoms with Crippen molar-refractivity contribution in [2.45, 2.75) is 12.8 Å². The van der Waals surface area contributed by atoms with Crippen molar-refractivity contribution in [2.75, 3.05) is 0 Å². The molecule has 1 aromatic rings. The highest BCUT2D eigenvalue weighted by molar-refractivity contribution is 5.85. The zero-order chi connectivity index (χ0) is 14.8. The Bertz CT molecular complexity index is 517. The predicted molar refractivity (Wildman–Crippen MR) is 47.9 cm³/mol. The highest BCUT2D eigenvalue weighted by atomic mass is 19.4. The number of hydrogen-bond donors (Lipinski definition) is 0. The molecule has 0 amide bonds. The number of nitro groups is 1. The van der Waals surface area contributed by atoms with Gasteiger partial charge in [-0.25, -0.2) is 8.78 Å². The molecule has 0 aromatic carbocycles. The number of hydrogen-bond acceptors (Lipinski definition) is 5. The van der Waals surface area contributed by atoms with Gasteiger partial charge in [-0.1, -0.05) is 0 Å². The standard InChI is InChI=1S/C8H3F5N2O4/c9-7(10)5-3(2-16)6(15(17)18)4(1-14-5)19-8(11,12)13/h1-2,7H. The van der Waals surface area contributed by atoms with Gasteiger partial charge in [-0.2, -0.15) is 0 Å². The topological polar surface area (TPSA) is 82.3 Å². The SMILES string of the molecule is O=Cc1c(C(F)F)ncc(OC(F)(F)F)c1[N+](=O)[O-]. The number of aromatic nitrogens is 1. The number of alkyl halides is 5. The summed E-state index contributed by atoms with van der Waals surface area (Å²) in [7, 11) is 0. The Morgan fingerprint density at radius 3 is 2.37 bits per heavy atom. The Kier molecular flexibility index (Phi) is 3.97. The molecule has 0 spiro atoms. The fourth-order valence-corrected chi connectivity index (χ4v) is 1.19. The molecular formula is C8H3F5N2O4. The second kappa shape index (κ2) is 5.12. The molecule has 104 valence electrons. The third-order valence-corrected chi connectivity index (χ3v) is 1.82.